The zero-order valence-electron chi connectivity index (χ0n) is 12.5. The van der Waals surface area contributed by atoms with Crippen molar-refractivity contribution >= 4 is 11.6 Å². The summed E-state index contributed by atoms with van der Waals surface area (Å²) in [6, 6.07) is 7.82. The molecular formula is C16H24N2O3. The molecule has 3 N–H and O–H groups in total. The number of rotatable bonds is 6. The van der Waals surface area contributed by atoms with Gasteiger partial charge in [0.05, 0.1) is 0 Å². The van der Waals surface area contributed by atoms with Crippen molar-refractivity contribution in [2.45, 2.75) is 38.3 Å². The third-order valence-electron chi connectivity index (χ3n) is 3.98. The molecule has 1 aromatic rings. The summed E-state index contributed by atoms with van der Waals surface area (Å²) in [5, 5.41) is 15.6. The summed E-state index contributed by atoms with van der Waals surface area (Å²) in [6.45, 7) is 3.93. The van der Waals surface area contributed by atoms with E-state index in [1.165, 1.54) is 6.92 Å². The van der Waals surface area contributed by atoms with Gasteiger partial charge in [-0.25, -0.2) is 0 Å². The highest BCUT2D eigenvalue weighted by molar-refractivity contribution is 5.88. The van der Waals surface area contributed by atoms with Crippen LogP contribution < -0.4 is 10.6 Å². The molecule has 5 nitrogen and oxygen atoms in total. The second-order valence-electron chi connectivity index (χ2n) is 5.60. The van der Waals surface area contributed by atoms with Gasteiger partial charge in [-0.2, -0.15) is 0 Å². The van der Waals surface area contributed by atoms with Gasteiger partial charge in [-0.3, -0.25) is 4.79 Å². The van der Waals surface area contributed by atoms with E-state index >= 15 is 0 Å². The van der Waals surface area contributed by atoms with Crippen molar-refractivity contribution < 1.29 is 14.6 Å². The first-order valence-corrected chi connectivity index (χ1v) is 7.44. The lowest BCUT2D eigenvalue weighted by molar-refractivity contribution is -0.114. The second kappa shape index (κ2) is 7.54. The predicted molar refractivity (Wildman–Crippen MR) is 82.1 cm³/mol. The Labute approximate surface area is 125 Å². The minimum Gasteiger partial charge on any atom is -0.396 e. The third kappa shape index (κ3) is 4.81. The van der Waals surface area contributed by atoms with Crippen LogP contribution in [0, 0.1) is 0 Å². The minimum absolute atomic E-state index is 0.0245. The number of hydrogen-bond acceptors (Lipinski definition) is 4. The van der Waals surface area contributed by atoms with Crippen LogP contribution in [-0.2, 0) is 16.1 Å². The van der Waals surface area contributed by atoms with Gasteiger partial charge in [-0.1, -0.05) is 12.1 Å². The highest BCUT2D eigenvalue weighted by atomic mass is 16.5. The molecule has 0 unspecified atom stereocenters. The van der Waals surface area contributed by atoms with Gasteiger partial charge in [0.1, 0.15) is 0 Å². The van der Waals surface area contributed by atoms with Gasteiger partial charge >= 0.3 is 0 Å². The fraction of sp³-hybridized carbons (Fsp3) is 0.562. The van der Waals surface area contributed by atoms with Crippen LogP contribution in [0.2, 0.25) is 0 Å². The monoisotopic (exact) mass is 292 g/mol. The van der Waals surface area contributed by atoms with Crippen LogP contribution in [0.1, 0.15) is 31.7 Å². The van der Waals surface area contributed by atoms with Crippen molar-refractivity contribution in [1.82, 2.24) is 5.32 Å². The lowest BCUT2D eigenvalue weighted by atomic mass is 9.86. The summed E-state index contributed by atoms with van der Waals surface area (Å²) in [5.74, 6) is -0.0648. The van der Waals surface area contributed by atoms with Gasteiger partial charge in [-0.05, 0) is 37.0 Å². The molecule has 0 spiro atoms. The number of nitrogens with one attached hydrogen (secondary N) is 2. The molecule has 1 fully saturated rings. The van der Waals surface area contributed by atoms with E-state index in [-0.39, 0.29) is 18.1 Å². The van der Waals surface area contributed by atoms with E-state index in [1.54, 1.807) is 0 Å². The molecule has 1 aromatic carbocycles. The Hall–Kier alpha value is -1.43. The van der Waals surface area contributed by atoms with Crippen LogP contribution >= 0.6 is 0 Å². The summed E-state index contributed by atoms with van der Waals surface area (Å²) in [7, 11) is 0. The zero-order valence-corrected chi connectivity index (χ0v) is 12.5. The SMILES string of the molecule is CC(=O)Nc1ccc(CNC2(CCO)CCOCC2)cc1. The van der Waals surface area contributed by atoms with Crippen LogP contribution in [0.25, 0.3) is 0 Å². The lowest BCUT2D eigenvalue weighted by Gasteiger charge is -2.38. The molecule has 1 amide bonds. The molecule has 0 radical (unpaired) electrons. The Morgan fingerprint density at radius 1 is 1.29 bits per heavy atom. The van der Waals surface area contributed by atoms with Crippen molar-refractivity contribution in [2.75, 3.05) is 25.1 Å². The van der Waals surface area contributed by atoms with E-state index in [1.807, 2.05) is 24.3 Å². The summed E-state index contributed by atoms with van der Waals surface area (Å²) in [5.41, 5.74) is 1.94. The molecule has 1 saturated heterocycles. The van der Waals surface area contributed by atoms with E-state index in [9.17, 15) is 9.90 Å². The summed E-state index contributed by atoms with van der Waals surface area (Å²) >= 11 is 0. The van der Waals surface area contributed by atoms with Crippen molar-refractivity contribution in [3.8, 4) is 0 Å². The van der Waals surface area contributed by atoms with Gasteiger partial charge in [0.2, 0.25) is 5.91 Å². The standard InChI is InChI=1S/C16H24N2O3/c1-13(20)18-15-4-2-14(3-5-15)12-17-16(6-9-19)7-10-21-11-8-16/h2-5,17,19H,6-12H2,1H3,(H,18,20). The van der Waals surface area contributed by atoms with Gasteiger partial charge < -0.3 is 20.5 Å². The molecule has 0 bridgehead atoms. The number of carbonyl (C=O) groups is 1. The molecule has 116 valence electrons. The lowest BCUT2D eigenvalue weighted by Crippen LogP contribution is -2.49. The Bertz CT molecular complexity index is 448. The van der Waals surface area contributed by atoms with Crippen LogP contribution in [0.5, 0.6) is 0 Å². The summed E-state index contributed by atoms with van der Waals surface area (Å²) < 4.78 is 5.41. The summed E-state index contributed by atoms with van der Waals surface area (Å²) in [6.07, 6.45) is 2.61. The number of hydrogen-bond donors (Lipinski definition) is 3. The first kappa shape index (κ1) is 15.9. The van der Waals surface area contributed by atoms with Crippen LogP contribution in [0.15, 0.2) is 24.3 Å². The van der Waals surface area contributed by atoms with Crippen LogP contribution in [-0.4, -0.2) is 36.4 Å². The highest BCUT2D eigenvalue weighted by Crippen LogP contribution is 2.25. The Kier molecular flexibility index (Phi) is 5.73. The molecule has 1 heterocycles. The van der Waals surface area contributed by atoms with Crippen LogP contribution in [0.4, 0.5) is 5.69 Å². The summed E-state index contributed by atoms with van der Waals surface area (Å²) in [4.78, 5) is 11.0. The van der Waals surface area contributed by atoms with Gasteiger partial charge in [0.25, 0.3) is 0 Å². The quantitative estimate of drug-likeness (QED) is 0.746. The Morgan fingerprint density at radius 2 is 1.95 bits per heavy atom. The fourth-order valence-electron chi connectivity index (χ4n) is 2.69. The number of amides is 1. The van der Waals surface area contributed by atoms with Gasteiger partial charge in [-0.15, -0.1) is 0 Å². The first-order chi connectivity index (χ1) is 10.1. The molecule has 0 aromatic heterocycles. The van der Waals surface area contributed by atoms with E-state index < -0.39 is 0 Å². The first-order valence-electron chi connectivity index (χ1n) is 7.44. The molecule has 1 aliphatic heterocycles. The molecule has 0 atom stereocenters. The van der Waals surface area contributed by atoms with Gasteiger partial charge in [0, 0.05) is 44.5 Å². The normalized spacial score (nSPS) is 17.4. The van der Waals surface area contributed by atoms with E-state index in [2.05, 4.69) is 10.6 Å². The molecular weight excluding hydrogens is 268 g/mol. The third-order valence-corrected chi connectivity index (χ3v) is 3.98. The van der Waals surface area contributed by atoms with Gasteiger partial charge in [0.15, 0.2) is 0 Å². The number of carbonyl (C=O) groups excluding carboxylic acids is 1. The maximum atomic E-state index is 11.0. The van der Waals surface area contributed by atoms with Crippen molar-refractivity contribution in [3.63, 3.8) is 0 Å². The topological polar surface area (TPSA) is 70.6 Å². The maximum absolute atomic E-state index is 11.0. The van der Waals surface area contributed by atoms with E-state index in [0.29, 0.717) is 0 Å². The Morgan fingerprint density at radius 3 is 2.52 bits per heavy atom. The fourth-order valence-corrected chi connectivity index (χ4v) is 2.69. The maximum Gasteiger partial charge on any atom is 0.221 e. The second-order valence-corrected chi connectivity index (χ2v) is 5.60. The van der Waals surface area contributed by atoms with Crippen molar-refractivity contribution in [1.29, 1.82) is 0 Å². The largest absolute Gasteiger partial charge is 0.396 e. The average Bonchev–Trinajstić information content (AvgIpc) is 2.47. The van der Waals surface area contributed by atoms with Crippen molar-refractivity contribution in [2.24, 2.45) is 0 Å². The minimum atomic E-state index is -0.0648. The average molecular weight is 292 g/mol. The van der Waals surface area contributed by atoms with Crippen molar-refractivity contribution in [3.05, 3.63) is 29.8 Å². The highest BCUT2D eigenvalue weighted by Gasteiger charge is 2.31. The molecule has 0 aliphatic carbocycles. The number of benzene rings is 1. The molecule has 5 heteroatoms. The molecule has 2 rings (SSSR count). The molecule has 1 aliphatic rings. The zero-order chi connectivity index (χ0) is 15.1. The molecule has 21 heavy (non-hydrogen) atoms. The number of ether oxygens (including phenoxy) is 1. The van der Waals surface area contributed by atoms with Crippen LogP contribution in [0.3, 0.4) is 0 Å². The smallest absolute Gasteiger partial charge is 0.221 e. The molecule has 0 saturated carbocycles. The number of anilines is 1. The van der Waals surface area contributed by atoms with E-state index in [0.717, 1.165) is 50.3 Å². The Balaban J connectivity index is 1.92. The van der Waals surface area contributed by atoms with E-state index in [4.69, 9.17) is 4.74 Å². The predicted octanol–water partition coefficient (Wildman–Crippen LogP) is 1.67. The number of aliphatic hydroxyl groups excluding tert-OH is 1. The number of aliphatic hydroxyl groups is 1.